The highest BCUT2D eigenvalue weighted by Gasteiger charge is 2.57. The number of carbonyl (C=O) groups excluding carboxylic acids is 2. The minimum Gasteiger partial charge on any atom is -0.507 e. The van der Waals surface area contributed by atoms with Gasteiger partial charge in [-0.1, -0.05) is 61.9 Å². The molecule has 45 heavy (non-hydrogen) atoms. The molecule has 0 spiro atoms. The Bertz CT molecular complexity index is 1720. The van der Waals surface area contributed by atoms with Crippen LogP contribution in [0, 0.1) is 47.6 Å². The number of amides is 2. The van der Waals surface area contributed by atoms with E-state index in [0.29, 0.717) is 25.2 Å². The number of hydrogen-bond acceptors (Lipinski definition) is 6. The fraction of sp³-hybridized carbons (Fsp3) is 0.351. The predicted octanol–water partition coefficient (Wildman–Crippen LogP) is 7.42. The third-order valence-electron chi connectivity index (χ3n) is 9.61. The smallest absolute Gasteiger partial charge is 0.271 e. The second kappa shape index (κ2) is 12.1. The zero-order chi connectivity index (χ0) is 32.0. The summed E-state index contributed by atoms with van der Waals surface area (Å²) < 4.78 is 6.46. The second-order valence-corrected chi connectivity index (χ2v) is 12.8. The summed E-state index contributed by atoms with van der Waals surface area (Å²) in [7, 11) is 0. The summed E-state index contributed by atoms with van der Waals surface area (Å²) in [6.45, 7) is 8.42. The Morgan fingerprint density at radius 1 is 1.02 bits per heavy atom. The van der Waals surface area contributed by atoms with Gasteiger partial charge in [-0.3, -0.25) is 19.7 Å². The summed E-state index contributed by atoms with van der Waals surface area (Å²) in [5, 5.41) is 21.7. The number of imide groups is 1. The van der Waals surface area contributed by atoms with Crippen LogP contribution < -0.4 is 4.90 Å². The summed E-state index contributed by atoms with van der Waals surface area (Å²) in [4.78, 5) is 39.7. The second-order valence-electron chi connectivity index (χ2n) is 12.8. The summed E-state index contributed by atoms with van der Waals surface area (Å²) >= 11 is 0. The number of nitro benzene ring substituents is 1. The molecule has 2 aliphatic heterocycles. The zero-order valence-electron chi connectivity index (χ0n) is 26.0. The monoisotopic (exact) mass is 606 g/mol. The lowest BCUT2D eigenvalue weighted by atomic mass is 9.67. The maximum absolute atomic E-state index is 13.9. The summed E-state index contributed by atoms with van der Waals surface area (Å²) in [5.41, 5.74) is 7.35. The van der Waals surface area contributed by atoms with Gasteiger partial charge in [-0.15, -0.1) is 0 Å². The molecule has 4 atom stereocenters. The molecule has 0 aromatic heterocycles. The van der Waals surface area contributed by atoms with E-state index in [1.54, 1.807) is 6.07 Å². The van der Waals surface area contributed by atoms with Crippen LogP contribution in [-0.4, -0.2) is 34.6 Å². The van der Waals surface area contributed by atoms with Gasteiger partial charge in [-0.25, -0.2) is 4.90 Å². The molecule has 3 aromatic rings. The van der Waals surface area contributed by atoms with E-state index < -0.39 is 16.8 Å². The van der Waals surface area contributed by atoms with Crippen molar-refractivity contribution in [1.29, 1.82) is 0 Å². The molecule has 3 aliphatic rings. The van der Waals surface area contributed by atoms with Crippen molar-refractivity contribution in [1.82, 2.24) is 0 Å². The fourth-order valence-electron chi connectivity index (χ4n) is 7.47. The van der Waals surface area contributed by atoms with Gasteiger partial charge in [0.2, 0.25) is 11.8 Å². The third-order valence-corrected chi connectivity index (χ3v) is 9.61. The number of rotatable bonds is 8. The van der Waals surface area contributed by atoms with Crippen LogP contribution in [0.5, 0.6) is 5.75 Å². The van der Waals surface area contributed by atoms with Crippen molar-refractivity contribution in [2.45, 2.75) is 53.1 Å². The number of fused-ring (bicyclic) bond motifs is 3. The Kier molecular flexibility index (Phi) is 8.18. The SMILES string of the molecule is Cc1cc(/C=C(/CC[C@H]2OC[C@H]3C2=C(C(C)C)C[C@H]2C(=O)N(c4cccc([N+](=O)[O-])c4)C(=O)[C@H]23)c2ccccc2)cc(C)c1O. The zero-order valence-corrected chi connectivity index (χ0v) is 26.0. The predicted molar refractivity (Wildman–Crippen MR) is 173 cm³/mol. The molecule has 2 amide bonds. The molecular weight excluding hydrogens is 568 g/mol. The van der Waals surface area contributed by atoms with Crippen LogP contribution in [0.2, 0.25) is 0 Å². The van der Waals surface area contributed by atoms with E-state index in [1.807, 2.05) is 44.2 Å². The number of nitro groups is 1. The minimum atomic E-state index is -0.550. The van der Waals surface area contributed by atoms with Crippen molar-refractivity contribution in [3.05, 3.63) is 110 Å². The number of aryl methyl sites for hydroxylation is 2. The molecule has 8 nitrogen and oxygen atoms in total. The quantitative estimate of drug-likeness (QED) is 0.0940. The van der Waals surface area contributed by atoms with E-state index in [1.165, 1.54) is 23.8 Å². The van der Waals surface area contributed by atoms with Crippen LogP contribution in [0.4, 0.5) is 11.4 Å². The average molecular weight is 607 g/mol. The number of ether oxygens (including phenoxy) is 1. The summed E-state index contributed by atoms with van der Waals surface area (Å²) in [6, 6.07) is 20.0. The van der Waals surface area contributed by atoms with Crippen LogP contribution in [0.1, 0.15) is 55.4 Å². The van der Waals surface area contributed by atoms with E-state index in [9.17, 15) is 24.8 Å². The number of non-ortho nitro benzene ring substituents is 1. The lowest BCUT2D eigenvalue weighted by Gasteiger charge is -2.33. The van der Waals surface area contributed by atoms with E-state index in [2.05, 4.69) is 32.1 Å². The van der Waals surface area contributed by atoms with Crippen LogP contribution >= 0.6 is 0 Å². The van der Waals surface area contributed by atoms with E-state index in [4.69, 9.17) is 4.74 Å². The van der Waals surface area contributed by atoms with Crippen molar-refractivity contribution >= 4 is 34.8 Å². The van der Waals surface area contributed by atoms with Crippen LogP contribution in [0.15, 0.2) is 77.9 Å². The highest BCUT2D eigenvalue weighted by atomic mass is 16.6. The molecule has 0 unspecified atom stereocenters. The van der Waals surface area contributed by atoms with Gasteiger partial charge < -0.3 is 9.84 Å². The highest BCUT2D eigenvalue weighted by molar-refractivity contribution is 6.22. The standard InChI is InChI=1S/C37H38N2O6/c1-21(2)29-19-30-34(37(42)38(36(30)41)27-11-8-12-28(18-27)39(43)44)31-20-45-32(33(29)31)14-13-26(25-9-6-5-7-10-25)17-24-15-22(3)35(40)23(4)16-24/h5-12,15-18,21,30-32,34,40H,13-14,19-20H2,1-4H3/b26-17-/t30-,31+,32-,34-/m1/s1. The molecule has 0 radical (unpaired) electrons. The van der Waals surface area contributed by atoms with Crippen LogP contribution in [0.3, 0.4) is 0 Å². The molecule has 2 saturated heterocycles. The normalized spacial score (nSPS) is 23.1. The molecule has 0 bridgehead atoms. The van der Waals surface area contributed by atoms with E-state index in [0.717, 1.165) is 44.7 Å². The molecule has 0 saturated carbocycles. The summed E-state index contributed by atoms with van der Waals surface area (Å²) in [5.74, 6) is -1.38. The van der Waals surface area contributed by atoms with Gasteiger partial charge in [-0.2, -0.15) is 0 Å². The first-order valence-electron chi connectivity index (χ1n) is 15.6. The first-order valence-corrected chi connectivity index (χ1v) is 15.6. The number of hydrogen-bond donors (Lipinski definition) is 1. The molecule has 6 rings (SSSR count). The molecule has 2 heterocycles. The molecule has 8 heteroatoms. The van der Waals surface area contributed by atoms with Crippen LogP contribution in [0.25, 0.3) is 11.6 Å². The summed E-state index contributed by atoms with van der Waals surface area (Å²) in [6.07, 6.45) is 3.92. The largest absolute Gasteiger partial charge is 0.507 e. The minimum absolute atomic E-state index is 0.159. The number of nitrogens with zero attached hydrogens (tertiary/aromatic N) is 2. The average Bonchev–Trinajstić information content (AvgIpc) is 3.55. The van der Waals surface area contributed by atoms with E-state index >= 15 is 0 Å². The van der Waals surface area contributed by atoms with Gasteiger partial charge in [-0.05, 0) is 90.6 Å². The third kappa shape index (κ3) is 5.59. The Balaban J connectivity index is 1.30. The number of phenols is 1. The number of carbonyl (C=O) groups is 2. The van der Waals surface area contributed by atoms with Crippen molar-refractivity contribution in [2.24, 2.45) is 23.7 Å². The first-order chi connectivity index (χ1) is 21.5. The Morgan fingerprint density at radius 3 is 2.40 bits per heavy atom. The van der Waals surface area contributed by atoms with Gasteiger partial charge in [0.1, 0.15) is 5.75 Å². The molecule has 1 aliphatic carbocycles. The Morgan fingerprint density at radius 2 is 1.73 bits per heavy atom. The lowest BCUT2D eigenvalue weighted by Crippen LogP contribution is -2.35. The maximum Gasteiger partial charge on any atom is 0.271 e. The van der Waals surface area contributed by atoms with Gasteiger partial charge >= 0.3 is 0 Å². The number of aromatic hydroxyl groups is 1. The van der Waals surface area contributed by atoms with Gasteiger partial charge in [0.15, 0.2) is 0 Å². The van der Waals surface area contributed by atoms with Gasteiger partial charge in [0.05, 0.1) is 35.2 Å². The number of anilines is 1. The van der Waals surface area contributed by atoms with Crippen molar-refractivity contribution in [3.63, 3.8) is 0 Å². The Hall–Kier alpha value is -4.56. The molecule has 2 fully saturated rings. The van der Waals surface area contributed by atoms with Gasteiger partial charge in [0.25, 0.3) is 5.69 Å². The lowest BCUT2D eigenvalue weighted by molar-refractivity contribution is -0.384. The van der Waals surface area contributed by atoms with Crippen molar-refractivity contribution in [2.75, 3.05) is 11.5 Å². The molecule has 1 N–H and O–H groups in total. The molecule has 3 aromatic carbocycles. The topological polar surface area (TPSA) is 110 Å². The first kappa shape index (κ1) is 30.5. The fourth-order valence-corrected chi connectivity index (χ4v) is 7.47. The highest BCUT2D eigenvalue weighted by Crippen LogP contribution is 2.52. The van der Waals surface area contributed by atoms with E-state index in [-0.39, 0.29) is 41.1 Å². The van der Waals surface area contributed by atoms with Crippen LogP contribution in [-0.2, 0) is 14.3 Å². The van der Waals surface area contributed by atoms with Gasteiger partial charge in [0, 0.05) is 18.1 Å². The number of benzene rings is 3. The van der Waals surface area contributed by atoms with Crippen molar-refractivity contribution in [3.8, 4) is 5.75 Å². The molecular formula is C37H38N2O6. The Labute approximate surface area is 263 Å². The van der Waals surface area contributed by atoms with Crippen molar-refractivity contribution < 1.29 is 24.4 Å². The molecule has 232 valence electrons. The maximum atomic E-state index is 13.9. The number of allylic oxidation sites excluding steroid dienone is 2. The number of phenolic OH excluding ortho intramolecular Hbond substituents is 1.